The van der Waals surface area contributed by atoms with Gasteiger partial charge in [0.1, 0.15) is 0 Å². The van der Waals surface area contributed by atoms with Crippen molar-refractivity contribution in [1.82, 2.24) is 0 Å². The fourth-order valence-electron chi connectivity index (χ4n) is 1.40. The fraction of sp³-hybridized carbons (Fsp3) is 0.538. The van der Waals surface area contributed by atoms with Crippen LogP contribution in [0.3, 0.4) is 0 Å². The topological polar surface area (TPSA) is 18.5 Å². The van der Waals surface area contributed by atoms with Gasteiger partial charge in [-0.1, -0.05) is 28.9 Å². The van der Waals surface area contributed by atoms with Gasteiger partial charge < -0.3 is 9.47 Å². The molecule has 96 valence electrons. The average Bonchev–Trinajstić information content (AvgIpc) is 2.38. The molecular formula is C13H19BrO2S. The zero-order chi connectivity index (χ0) is 12.5. The van der Waals surface area contributed by atoms with E-state index in [2.05, 4.69) is 22.9 Å². The van der Waals surface area contributed by atoms with E-state index in [-0.39, 0.29) is 0 Å². The molecule has 1 aromatic carbocycles. The lowest BCUT2D eigenvalue weighted by Gasteiger charge is -2.11. The number of thioether (sulfide) groups is 1. The normalized spacial score (nSPS) is 10.3. The molecule has 0 spiro atoms. The number of ether oxygens (including phenoxy) is 2. The molecule has 1 rings (SSSR count). The van der Waals surface area contributed by atoms with Gasteiger partial charge in [0.05, 0.1) is 13.7 Å². The van der Waals surface area contributed by atoms with Gasteiger partial charge in [-0.25, -0.2) is 0 Å². The first-order chi connectivity index (χ1) is 8.31. The predicted molar refractivity (Wildman–Crippen MR) is 78.7 cm³/mol. The Kier molecular flexibility index (Phi) is 7.53. The summed E-state index contributed by atoms with van der Waals surface area (Å²) in [7, 11) is 1.67. The molecule has 1 aromatic rings. The summed E-state index contributed by atoms with van der Waals surface area (Å²) in [6.45, 7) is 2.92. The highest BCUT2D eigenvalue weighted by atomic mass is 79.9. The number of halogens is 1. The van der Waals surface area contributed by atoms with Crippen LogP contribution in [0.2, 0.25) is 0 Å². The Balaban J connectivity index is 2.49. The largest absolute Gasteiger partial charge is 0.493 e. The van der Waals surface area contributed by atoms with Gasteiger partial charge in [0, 0.05) is 5.33 Å². The molecule has 0 aliphatic rings. The molecule has 4 heteroatoms. The molecule has 0 fully saturated rings. The highest BCUT2D eigenvalue weighted by Crippen LogP contribution is 2.29. The smallest absolute Gasteiger partial charge is 0.161 e. The van der Waals surface area contributed by atoms with Crippen LogP contribution in [-0.2, 0) is 5.33 Å². The van der Waals surface area contributed by atoms with Crippen LogP contribution in [0.4, 0.5) is 0 Å². The molecule has 0 aliphatic heterocycles. The Bertz CT molecular complexity index is 331. The maximum Gasteiger partial charge on any atom is 0.161 e. The molecule has 0 amide bonds. The third-order valence-corrected chi connectivity index (χ3v) is 3.91. The standard InChI is InChI=1S/C13H19BrO2S/c1-3-17-8-4-7-16-13-9-11(10-14)5-6-12(13)15-2/h5-6,9H,3-4,7-8,10H2,1-2H3. The summed E-state index contributed by atoms with van der Waals surface area (Å²) in [5, 5.41) is 0.832. The average molecular weight is 319 g/mol. The van der Waals surface area contributed by atoms with Gasteiger partial charge in [0.2, 0.25) is 0 Å². The van der Waals surface area contributed by atoms with Crippen molar-refractivity contribution < 1.29 is 9.47 Å². The Morgan fingerprint density at radius 1 is 1.29 bits per heavy atom. The van der Waals surface area contributed by atoms with E-state index in [9.17, 15) is 0 Å². The number of methoxy groups -OCH3 is 1. The molecule has 0 heterocycles. The SMILES string of the molecule is CCSCCCOc1cc(CBr)ccc1OC. The lowest BCUT2D eigenvalue weighted by Crippen LogP contribution is -2.01. The Labute approximate surface area is 116 Å². The minimum atomic E-state index is 0.745. The second kappa shape index (κ2) is 8.70. The highest BCUT2D eigenvalue weighted by molar-refractivity contribution is 9.08. The summed E-state index contributed by atoms with van der Waals surface area (Å²) in [5.74, 6) is 3.96. The quantitative estimate of drug-likeness (QED) is 0.531. The van der Waals surface area contributed by atoms with E-state index in [1.165, 1.54) is 11.3 Å². The molecule has 0 aliphatic carbocycles. The first-order valence-electron chi connectivity index (χ1n) is 5.75. The third-order valence-electron chi connectivity index (χ3n) is 2.28. The molecule has 0 radical (unpaired) electrons. The van der Waals surface area contributed by atoms with Crippen LogP contribution in [0, 0.1) is 0 Å². The van der Waals surface area contributed by atoms with Gasteiger partial charge in [0.25, 0.3) is 0 Å². The maximum atomic E-state index is 5.76. The van der Waals surface area contributed by atoms with Crippen molar-refractivity contribution in [1.29, 1.82) is 0 Å². The van der Waals surface area contributed by atoms with Crippen molar-refractivity contribution in [3.05, 3.63) is 23.8 Å². The van der Waals surface area contributed by atoms with E-state index < -0.39 is 0 Å². The zero-order valence-corrected chi connectivity index (χ0v) is 12.8. The second-order valence-electron chi connectivity index (χ2n) is 3.52. The van der Waals surface area contributed by atoms with Gasteiger partial charge >= 0.3 is 0 Å². The van der Waals surface area contributed by atoms with Crippen molar-refractivity contribution >= 4 is 27.7 Å². The molecule has 0 saturated carbocycles. The summed E-state index contributed by atoms with van der Waals surface area (Å²) < 4.78 is 11.0. The van der Waals surface area contributed by atoms with Gasteiger partial charge in [-0.15, -0.1) is 0 Å². The van der Waals surface area contributed by atoms with Crippen molar-refractivity contribution in [2.75, 3.05) is 25.2 Å². The molecule has 17 heavy (non-hydrogen) atoms. The number of benzene rings is 1. The minimum absolute atomic E-state index is 0.745. The number of hydrogen-bond donors (Lipinski definition) is 0. The van der Waals surface area contributed by atoms with E-state index in [4.69, 9.17) is 9.47 Å². The molecule has 0 saturated heterocycles. The van der Waals surface area contributed by atoms with Gasteiger partial charge in [-0.05, 0) is 35.6 Å². The van der Waals surface area contributed by atoms with Gasteiger partial charge in [-0.3, -0.25) is 0 Å². The minimum Gasteiger partial charge on any atom is -0.493 e. The van der Waals surface area contributed by atoms with Crippen LogP contribution in [0.25, 0.3) is 0 Å². The van der Waals surface area contributed by atoms with Gasteiger partial charge in [-0.2, -0.15) is 11.8 Å². The van der Waals surface area contributed by atoms with E-state index >= 15 is 0 Å². The first kappa shape index (κ1) is 14.7. The number of hydrogen-bond acceptors (Lipinski definition) is 3. The predicted octanol–water partition coefficient (Wildman–Crippen LogP) is 4.11. The van der Waals surface area contributed by atoms with Crippen LogP contribution in [0.5, 0.6) is 11.5 Å². The van der Waals surface area contributed by atoms with Crippen LogP contribution in [-0.4, -0.2) is 25.2 Å². The molecule has 0 bridgehead atoms. The molecular weight excluding hydrogens is 300 g/mol. The van der Waals surface area contributed by atoms with Crippen LogP contribution < -0.4 is 9.47 Å². The Morgan fingerprint density at radius 3 is 2.76 bits per heavy atom. The van der Waals surface area contributed by atoms with E-state index in [0.717, 1.165) is 35.6 Å². The molecule has 0 atom stereocenters. The Morgan fingerprint density at radius 2 is 2.12 bits per heavy atom. The summed E-state index contributed by atoms with van der Waals surface area (Å²) >= 11 is 5.38. The van der Waals surface area contributed by atoms with Crippen LogP contribution in [0.1, 0.15) is 18.9 Å². The second-order valence-corrected chi connectivity index (χ2v) is 5.47. The Hall–Kier alpha value is -0.350. The van der Waals surface area contributed by atoms with Crippen LogP contribution in [0.15, 0.2) is 18.2 Å². The zero-order valence-electron chi connectivity index (χ0n) is 10.4. The van der Waals surface area contributed by atoms with E-state index in [0.29, 0.717) is 0 Å². The number of rotatable bonds is 8. The van der Waals surface area contributed by atoms with Gasteiger partial charge in [0.15, 0.2) is 11.5 Å². The maximum absolute atomic E-state index is 5.76. The van der Waals surface area contributed by atoms with Crippen molar-refractivity contribution in [3.63, 3.8) is 0 Å². The summed E-state index contributed by atoms with van der Waals surface area (Å²) in [4.78, 5) is 0. The molecule has 0 N–H and O–H groups in total. The molecule has 0 unspecified atom stereocenters. The highest BCUT2D eigenvalue weighted by Gasteiger charge is 2.05. The molecule has 2 nitrogen and oxygen atoms in total. The van der Waals surface area contributed by atoms with Crippen molar-refractivity contribution in [2.24, 2.45) is 0 Å². The molecule has 0 aromatic heterocycles. The van der Waals surface area contributed by atoms with E-state index in [1.807, 2.05) is 30.0 Å². The monoisotopic (exact) mass is 318 g/mol. The number of alkyl halides is 1. The first-order valence-corrected chi connectivity index (χ1v) is 8.02. The summed E-state index contributed by atoms with van der Waals surface area (Å²) in [6.07, 6.45) is 1.07. The van der Waals surface area contributed by atoms with Crippen LogP contribution >= 0.6 is 27.7 Å². The summed E-state index contributed by atoms with van der Waals surface area (Å²) in [6, 6.07) is 6.01. The fourth-order valence-corrected chi connectivity index (χ4v) is 2.36. The lowest BCUT2D eigenvalue weighted by molar-refractivity contribution is 0.295. The lowest BCUT2D eigenvalue weighted by atomic mass is 10.2. The third kappa shape index (κ3) is 5.21. The summed E-state index contributed by atoms with van der Waals surface area (Å²) in [5.41, 5.74) is 1.20. The van der Waals surface area contributed by atoms with Crippen molar-refractivity contribution in [2.45, 2.75) is 18.7 Å². The van der Waals surface area contributed by atoms with E-state index in [1.54, 1.807) is 7.11 Å². The van der Waals surface area contributed by atoms with Crippen molar-refractivity contribution in [3.8, 4) is 11.5 Å².